The van der Waals surface area contributed by atoms with Crippen LogP contribution >= 0.6 is 0 Å². The zero-order valence-corrected chi connectivity index (χ0v) is 10.7. The minimum atomic E-state index is 0.375. The van der Waals surface area contributed by atoms with Gasteiger partial charge in [-0.05, 0) is 32.1 Å². The number of aromatic amines is 1. The number of rotatable bonds is 4. The van der Waals surface area contributed by atoms with Gasteiger partial charge >= 0.3 is 0 Å². The first kappa shape index (κ1) is 11.9. The van der Waals surface area contributed by atoms with E-state index in [1.54, 1.807) is 6.20 Å². The predicted molar refractivity (Wildman–Crippen MR) is 71.8 cm³/mol. The number of nitrogens with two attached hydrogens (primary N) is 1. The molecule has 0 saturated carbocycles. The van der Waals surface area contributed by atoms with E-state index in [9.17, 15) is 0 Å². The van der Waals surface area contributed by atoms with Crippen molar-refractivity contribution in [3.8, 4) is 0 Å². The van der Waals surface area contributed by atoms with E-state index in [1.165, 1.54) is 5.69 Å². The fraction of sp³-hybridized carbons (Fsp3) is 0.462. The quantitative estimate of drug-likeness (QED) is 0.851. The SMILES string of the molecule is CCN(CC)C(C)c1cc2cc(N)cnc2[nH]1. The van der Waals surface area contributed by atoms with E-state index < -0.39 is 0 Å². The van der Waals surface area contributed by atoms with Gasteiger partial charge in [0.05, 0.1) is 11.9 Å². The number of hydrogen-bond acceptors (Lipinski definition) is 3. The normalized spacial score (nSPS) is 13.4. The van der Waals surface area contributed by atoms with Gasteiger partial charge in [-0.1, -0.05) is 13.8 Å². The molecule has 2 heterocycles. The summed E-state index contributed by atoms with van der Waals surface area (Å²) in [5.41, 5.74) is 8.55. The summed E-state index contributed by atoms with van der Waals surface area (Å²) in [5, 5.41) is 1.08. The molecule has 1 unspecified atom stereocenters. The van der Waals surface area contributed by atoms with Crippen LogP contribution in [0.15, 0.2) is 18.3 Å². The lowest BCUT2D eigenvalue weighted by Crippen LogP contribution is -2.26. The first-order chi connectivity index (χ1) is 8.15. The van der Waals surface area contributed by atoms with Gasteiger partial charge in [0, 0.05) is 17.1 Å². The van der Waals surface area contributed by atoms with Crippen molar-refractivity contribution in [1.29, 1.82) is 0 Å². The van der Waals surface area contributed by atoms with E-state index in [0.717, 1.165) is 24.1 Å². The molecule has 0 aromatic carbocycles. The van der Waals surface area contributed by atoms with Crippen molar-refractivity contribution in [3.63, 3.8) is 0 Å². The molecule has 0 aliphatic heterocycles. The molecule has 0 radical (unpaired) electrons. The minimum absolute atomic E-state index is 0.375. The highest BCUT2D eigenvalue weighted by Gasteiger charge is 2.14. The lowest BCUT2D eigenvalue weighted by molar-refractivity contribution is 0.231. The summed E-state index contributed by atoms with van der Waals surface area (Å²) in [5.74, 6) is 0. The standard InChI is InChI=1S/C13H20N4/c1-4-17(5-2)9(3)12-7-10-6-11(14)8-15-13(10)16-12/h6-9H,4-5,14H2,1-3H3,(H,15,16). The highest BCUT2D eigenvalue weighted by atomic mass is 15.2. The molecule has 0 saturated heterocycles. The van der Waals surface area contributed by atoms with Crippen LogP contribution in [-0.2, 0) is 0 Å². The van der Waals surface area contributed by atoms with Gasteiger partial charge in [-0.2, -0.15) is 0 Å². The largest absolute Gasteiger partial charge is 0.397 e. The molecule has 0 fully saturated rings. The maximum absolute atomic E-state index is 5.73. The predicted octanol–water partition coefficient (Wildman–Crippen LogP) is 2.55. The van der Waals surface area contributed by atoms with Crippen LogP contribution < -0.4 is 5.73 Å². The molecule has 1 atom stereocenters. The molecule has 0 spiro atoms. The lowest BCUT2D eigenvalue weighted by atomic mass is 10.2. The van der Waals surface area contributed by atoms with E-state index in [1.807, 2.05) is 6.07 Å². The van der Waals surface area contributed by atoms with Crippen molar-refractivity contribution in [1.82, 2.24) is 14.9 Å². The Morgan fingerprint density at radius 3 is 2.71 bits per heavy atom. The first-order valence-electron chi connectivity index (χ1n) is 6.13. The van der Waals surface area contributed by atoms with E-state index in [-0.39, 0.29) is 0 Å². The monoisotopic (exact) mass is 232 g/mol. The number of nitrogens with zero attached hydrogens (tertiary/aromatic N) is 2. The average molecular weight is 232 g/mol. The van der Waals surface area contributed by atoms with E-state index in [4.69, 9.17) is 5.73 Å². The number of nitrogen functional groups attached to an aromatic ring is 1. The van der Waals surface area contributed by atoms with Crippen LogP contribution in [0.25, 0.3) is 11.0 Å². The van der Waals surface area contributed by atoms with Crippen molar-refractivity contribution in [2.75, 3.05) is 18.8 Å². The summed E-state index contributed by atoms with van der Waals surface area (Å²) >= 11 is 0. The number of fused-ring (bicyclic) bond motifs is 1. The van der Waals surface area contributed by atoms with Crippen LogP contribution in [-0.4, -0.2) is 28.0 Å². The van der Waals surface area contributed by atoms with Gasteiger partial charge in [0.2, 0.25) is 0 Å². The molecular formula is C13H20N4. The fourth-order valence-electron chi connectivity index (χ4n) is 2.25. The number of hydrogen-bond donors (Lipinski definition) is 2. The molecule has 2 aromatic rings. The van der Waals surface area contributed by atoms with Crippen molar-refractivity contribution < 1.29 is 0 Å². The summed E-state index contributed by atoms with van der Waals surface area (Å²) in [7, 11) is 0. The number of anilines is 1. The van der Waals surface area contributed by atoms with Gasteiger partial charge in [-0.3, -0.25) is 4.90 Å². The molecule has 3 N–H and O–H groups in total. The third kappa shape index (κ3) is 2.26. The Morgan fingerprint density at radius 2 is 2.06 bits per heavy atom. The summed E-state index contributed by atoms with van der Waals surface area (Å²) in [6.45, 7) is 8.66. The van der Waals surface area contributed by atoms with Crippen LogP contribution in [0.2, 0.25) is 0 Å². The molecule has 17 heavy (non-hydrogen) atoms. The first-order valence-corrected chi connectivity index (χ1v) is 6.13. The summed E-state index contributed by atoms with van der Waals surface area (Å²) in [6, 6.07) is 4.47. The van der Waals surface area contributed by atoms with E-state index in [2.05, 4.69) is 41.7 Å². The number of H-pyrrole nitrogens is 1. The Balaban J connectivity index is 2.35. The van der Waals surface area contributed by atoms with Crippen LogP contribution in [0.1, 0.15) is 32.5 Å². The zero-order valence-electron chi connectivity index (χ0n) is 10.7. The van der Waals surface area contributed by atoms with Crippen LogP contribution in [0.3, 0.4) is 0 Å². The van der Waals surface area contributed by atoms with Crippen LogP contribution in [0.5, 0.6) is 0 Å². The minimum Gasteiger partial charge on any atom is -0.397 e. The average Bonchev–Trinajstić information content (AvgIpc) is 2.73. The number of pyridine rings is 1. The van der Waals surface area contributed by atoms with E-state index >= 15 is 0 Å². The van der Waals surface area contributed by atoms with Gasteiger partial charge in [0.25, 0.3) is 0 Å². The van der Waals surface area contributed by atoms with Crippen molar-refractivity contribution in [3.05, 3.63) is 24.0 Å². The Labute approximate surface area is 102 Å². The Kier molecular flexibility index (Phi) is 3.33. The van der Waals surface area contributed by atoms with Crippen molar-refractivity contribution >= 4 is 16.7 Å². The molecule has 2 rings (SSSR count). The molecule has 0 amide bonds. The number of aromatic nitrogens is 2. The smallest absolute Gasteiger partial charge is 0.137 e. The second-order valence-electron chi connectivity index (χ2n) is 4.33. The molecule has 0 aliphatic rings. The highest BCUT2D eigenvalue weighted by molar-refractivity contribution is 5.79. The summed E-state index contributed by atoms with van der Waals surface area (Å²) in [6.07, 6.45) is 1.69. The topological polar surface area (TPSA) is 57.9 Å². The van der Waals surface area contributed by atoms with Crippen LogP contribution in [0, 0.1) is 0 Å². The Bertz CT molecular complexity index is 499. The second kappa shape index (κ2) is 4.75. The van der Waals surface area contributed by atoms with Gasteiger partial charge in [-0.25, -0.2) is 4.98 Å². The van der Waals surface area contributed by atoms with Gasteiger partial charge in [-0.15, -0.1) is 0 Å². The van der Waals surface area contributed by atoms with Gasteiger partial charge < -0.3 is 10.7 Å². The Hall–Kier alpha value is -1.55. The molecule has 2 aromatic heterocycles. The molecule has 0 aliphatic carbocycles. The molecule has 4 heteroatoms. The summed E-state index contributed by atoms with van der Waals surface area (Å²) < 4.78 is 0. The molecule has 4 nitrogen and oxygen atoms in total. The highest BCUT2D eigenvalue weighted by Crippen LogP contribution is 2.23. The third-order valence-corrected chi connectivity index (χ3v) is 3.32. The third-order valence-electron chi connectivity index (χ3n) is 3.32. The Morgan fingerprint density at radius 1 is 1.35 bits per heavy atom. The lowest BCUT2D eigenvalue weighted by Gasteiger charge is -2.25. The maximum atomic E-state index is 5.73. The van der Waals surface area contributed by atoms with Crippen molar-refractivity contribution in [2.24, 2.45) is 0 Å². The second-order valence-corrected chi connectivity index (χ2v) is 4.33. The van der Waals surface area contributed by atoms with E-state index in [0.29, 0.717) is 11.7 Å². The number of nitrogens with one attached hydrogen (secondary N) is 1. The van der Waals surface area contributed by atoms with Gasteiger partial charge in [0.1, 0.15) is 5.65 Å². The van der Waals surface area contributed by atoms with Crippen LogP contribution in [0.4, 0.5) is 5.69 Å². The molecular weight excluding hydrogens is 212 g/mol. The molecule has 0 bridgehead atoms. The molecule has 92 valence electrons. The summed E-state index contributed by atoms with van der Waals surface area (Å²) in [4.78, 5) is 10.1. The zero-order chi connectivity index (χ0) is 12.4. The fourth-order valence-corrected chi connectivity index (χ4v) is 2.25. The van der Waals surface area contributed by atoms with Gasteiger partial charge in [0.15, 0.2) is 0 Å². The maximum Gasteiger partial charge on any atom is 0.137 e. The van der Waals surface area contributed by atoms with Crippen molar-refractivity contribution in [2.45, 2.75) is 26.8 Å².